The summed E-state index contributed by atoms with van der Waals surface area (Å²) in [4.78, 5) is 23.8. The van der Waals surface area contributed by atoms with Crippen molar-refractivity contribution in [3.8, 4) is 0 Å². The van der Waals surface area contributed by atoms with Gasteiger partial charge >= 0.3 is 12.1 Å². The quantitative estimate of drug-likeness (QED) is 0.600. The Kier molecular flexibility index (Phi) is 4.84. The zero-order chi connectivity index (χ0) is 18.2. The lowest BCUT2D eigenvalue weighted by Gasteiger charge is -2.59. The summed E-state index contributed by atoms with van der Waals surface area (Å²) in [5.74, 6) is 0.275. The van der Waals surface area contributed by atoms with Crippen LogP contribution in [0.25, 0.3) is 0 Å². The van der Waals surface area contributed by atoms with E-state index in [0.29, 0.717) is 19.4 Å². The Bertz CT molecular complexity index is 564. The van der Waals surface area contributed by atoms with E-state index in [9.17, 15) is 14.7 Å². The van der Waals surface area contributed by atoms with Gasteiger partial charge in [-0.25, -0.2) is 4.79 Å². The minimum Gasteiger partial charge on any atom is -0.462 e. The van der Waals surface area contributed by atoms with Crippen molar-refractivity contribution in [2.75, 3.05) is 13.2 Å². The zero-order valence-electron chi connectivity index (χ0n) is 15.1. The summed E-state index contributed by atoms with van der Waals surface area (Å²) in [6, 6.07) is 0. The van der Waals surface area contributed by atoms with E-state index in [1.165, 1.54) is 0 Å². The van der Waals surface area contributed by atoms with Crippen LogP contribution in [0.15, 0.2) is 12.7 Å². The highest BCUT2D eigenvalue weighted by molar-refractivity contribution is 5.72. The van der Waals surface area contributed by atoms with Gasteiger partial charge in [0.05, 0.1) is 13.0 Å². The Labute approximate surface area is 148 Å². The number of hydrogen-bond donors (Lipinski definition) is 2. The predicted octanol–water partition coefficient (Wildman–Crippen LogP) is 2.41. The topological polar surface area (TPSA) is 84.9 Å². The molecule has 2 aliphatic carbocycles. The number of aliphatic hydroxyl groups is 1. The largest absolute Gasteiger partial charge is 0.462 e. The predicted molar refractivity (Wildman–Crippen MR) is 91.7 cm³/mol. The van der Waals surface area contributed by atoms with Crippen LogP contribution in [-0.2, 0) is 14.3 Å². The third-order valence-electron chi connectivity index (χ3n) is 6.96. The lowest BCUT2D eigenvalue weighted by molar-refractivity contribution is -0.175. The molecule has 1 heterocycles. The van der Waals surface area contributed by atoms with E-state index in [1.807, 2.05) is 6.92 Å². The minimum atomic E-state index is -0.519. The molecule has 1 saturated heterocycles. The van der Waals surface area contributed by atoms with E-state index in [0.717, 1.165) is 19.3 Å². The normalized spacial score (nSPS) is 42.8. The maximum Gasteiger partial charge on any atom is 0.407 e. The number of carbonyl (C=O) groups is 2. The molecular weight excluding hydrogens is 322 g/mol. The third kappa shape index (κ3) is 2.94. The van der Waals surface area contributed by atoms with Gasteiger partial charge in [-0.05, 0) is 37.0 Å². The molecule has 6 heteroatoms. The molecule has 0 aromatic heterocycles. The first-order valence-electron chi connectivity index (χ1n) is 9.21. The van der Waals surface area contributed by atoms with Gasteiger partial charge in [-0.15, -0.1) is 6.58 Å². The molecule has 0 unspecified atom stereocenters. The Morgan fingerprint density at radius 2 is 2.20 bits per heavy atom. The monoisotopic (exact) mass is 351 g/mol. The van der Waals surface area contributed by atoms with Gasteiger partial charge in [0.15, 0.2) is 0 Å². The first kappa shape index (κ1) is 18.2. The van der Waals surface area contributed by atoms with Gasteiger partial charge < -0.3 is 19.9 Å². The van der Waals surface area contributed by atoms with Crippen molar-refractivity contribution in [1.29, 1.82) is 0 Å². The van der Waals surface area contributed by atoms with Crippen molar-refractivity contribution in [2.45, 2.75) is 58.2 Å². The van der Waals surface area contributed by atoms with Gasteiger partial charge in [0.25, 0.3) is 0 Å². The van der Waals surface area contributed by atoms with Crippen LogP contribution in [-0.4, -0.2) is 42.5 Å². The van der Waals surface area contributed by atoms with Gasteiger partial charge in [-0.2, -0.15) is 0 Å². The summed E-state index contributed by atoms with van der Waals surface area (Å²) >= 11 is 0. The molecule has 0 radical (unpaired) electrons. The fourth-order valence-corrected chi connectivity index (χ4v) is 5.62. The smallest absolute Gasteiger partial charge is 0.407 e. The summed E-state index contributed by atoms with van der Waals surface area (Å²) in [5.41, 5.74) is -0.598. The van der Waals surface area contributed by atoms with E-state index in [2.05, 4.69) is 18.8 Å². The number of esters is 1. The molecule has 3 aliphatic rings. The molecule has 140 valence electrons. The fraction of sp³-hybridized carbons (Fsp3) is 0.789. The molecule has 2 N–H and O–H groups in total. The minimum absolute atomic E-state index is 0.00468. The van der Waals surface area contributed by atoms with Crippen molar-refractivity contribution in [3.63, 3.8) is 0 Å². The number of ether oxygens (including phenoxy) is 2. The molecule has 25 heavy (non-hydrogen) atoms. The SMILES string of the molecule is C=CCNC(=O)O[C@@H]1CC[C@]2(C)[C@@H](CC[C@H]3OC(=O)C[C@H]32)[C@]1(C)CO. The first-order chi connectivity index (χ1) is 11.8. The lowest BCUT2D eigenvalue weighted by Crippen LogP contribution is -2.60. The second-order valence-electron chi connectivity index (χ2n) is 8.24. The van der Waals surface area contributed by atoms with Crippen molar-refractivity contribution < 1.29 is 24.2 Å². The Morgan fingerprint density at radius 1 is 1.44 bits per heavy atom. The highest BCUT2D eigenvalue weighted by Gasteiger charge is 2.62. The van der Waals surface area contributed by atoms with Gasteiger partial charge in [0.1, 0.15) is 12.2 Å². The van der Waals surface area contributed by atoms with Crippen LogP contribution in [0.4, 0.5) is 4.79 Å². The Balaban J connectivity index is 1.81. The Hall–Kier alpha value is -1.56. The molecule has 0 aromatic rings. The molecule has 6 atom stereocenters. The average Bonchev–Trinajstić information content (AvgIpc) is 2.97. The molecule has 1 aliphatic heterocycles. The summed E-state index contributed by atoms with van der Waals surface area (Å²) in [6.45, 7) is 8.12. The van der Waals surface area contributed by atoms with Crippen molar-refractivity contribution in [3.05, 3.63) is 12.7 Å². The number of rotatable bonds is 4. The van der Waals surface area contributed by atoms with Crippen molar-refractivity contribution >= 4 is 12.1 Å². The molecule has 0 bridgehead atoms. The van der Waals surface area contributed by atoms with Crippen LogP contribution in [0.2, 0.25) is 0 Å². The van der Waals surface area contributed by atoms with Crippen LogP contribution in [0.1, 0.15) is 46.0 Å². The van der Waals surface area contributed by atoms with Crippen molar-refractivity contribution in [2.24, 2.45) is 22.7 Å². The number of carbonyl (C=O) groups excluding carboxylic acids is 2. The molecule has 0 aromatic carbocycles. The molecule has 0 spiro atoms. The van der Waals surface area contributed by atoms with Gasteiger partial charge in [-0.1, -0.05) is 19.9 Å². The summed E-state index contributed by atoms with van der Waals surface area (Å²) in [7, 11) is 0. The van der Waals surface area contributed by atoms with Gasteiger partial charge in [0, 0.05) is 17.9 Å². The summed E-state index contributed by atoms with van der Waals surface area (Å²) in [5, 5.41) is 12.9. The standard InChI is InChI=1S/C19H29NO5/c1-4-9-20-17(23)25-15-7-8-18(2)12-10-16(22)24-13(12)5-6-14(18)19(15,3)11-21/h4,12-15,21H,1,5-11H2,2-3H3,(H,20,23)/t12-,13-,14-,15-,18+,19+/m1/s1. The lowest BCUT2D eigenvalue weighted by atomic mass is 9.46. The molecule has 1 amide bonds. The summed E-state index contributed by atoms with van der Waals surface area (Å²) < 4.78 is 11.2. The molecule has 3 fully saturated rings. The number of alkyl carbamates (subject to hydrolysis) is 1. The number of aliphatic hydroxyl groups excluding tert-OH is 1. The Morgan fingerprint density at radius 3 is 2.88 bits per heavy atom. The highest BCUT2D eigenvalue weighted by Crippen LogP contribution is 2.62. The van der Waals surface area contributed by atoms with Crippen LogP contribution in [0, 0.1) is 22.7 Å². The van der Waals surface area contributed by atoms with Gasteiger partial charge in [-0.3, -0.25) is 4.79 Å². The zero-order valence-corrected chi connectivity index (χ0v) is 15.1. The van der Waals surface area contributed by atoms with Gasteiger partial charge in [0.2, 0.25) is 0 Å². The molecule has 2 saturated carbocycles. The average molecular weight is 351 g/mol. The second kappa shape index (κ2) is 6.63. The number of hydrogen-bond acceptors (Lipinski definition) is 5. The fourth-order valence-electron chi connectivity index (χ4n) is 5.62. The summed E-state index contributed by atoms with van der Waals surface area (Å²) in [6.07, 6.45) is 4.50. The van der Waals surface area contributed by atoms with Crippen LogP contribution in [0.3, 0.4) is 0 Å². The second-order valence-corrected chi connectivity index (χ2v) is 8.24. The third-order valence-corrected chi connectivity index (χ3v) is 6.96. The number of fused-ring (bicyclic) bond motifs is 3. The molecular formula is C19H29NO5. The molecule has 6 nitrogen and oxygen atoms in total. The van der Waals surface area contributed by atoms with E-state index in [4.69, 9.17) is 9.47 Å². The van der Waals surface area contributed by atoms with Crippen LogP contribution >= 0.6 is 0 Å². The first-order valence-corrected chi connectivity index (χ1v) is 9.21. The van der Waals surface area contributed by atoms with E-state index >= 15 is 0 Å². The molecule has 3 rings (SSSR count). The van der Waals surface area contributed by atoms with E-state index in [-0.39, 0.29) is 42.0 Å². The number of amides is 1. The van der Waals surface area contributed by atoms with E-state index < -0.39 is 11.5 Å². The highest BCUT2D eigenvalue weighted by atomic mass is 16.6. The maximum absolute atomic E-state index is 12.0. The van der Waals surface area contributed by atoms with Crippen molar-refractivity contribution in [1.82, 2.24) is 5.32 Å². The van der Waals surface area contributed by atoms with E-state index in [1.54, 1.807) is 6.08 Å². The van der Waals surface area contributed by atoms with Crippen LogP contribution in [0.5, 0.6) is 0 Å². The maximum atomic E-state index is 12.0. The number of nitrogens with one attached hydrogen (secondary N) is 1. The van der Waals surface area contributed by atoms with Crippen LogP contribution < -0.4 is 5.32 Å².